The Morgan fingerprint density at radius 3 is 2.48 bits per heavy atom. The van der Waals surface area contributed by atoms with Crippen LogP contribution >= 0.6 is 11.6 Å². The van der Waals surface area contributed by atoms with Crippen LogP contribution in [0.1, 0.15) is 10.4 Å². The van der Waals surface area contributed by atoms with Gasteiger partial charge in [0.2, 0.25) is 5.82 Å². The minimum absolute atomic E-state index is 0.239. The molecular formula is C11H9ClF4N2O3. The Kier molecular flexibility index (Phi) is 5.89. The number of nitro groups is 1. The third kappa shape index (κ3) is 4.03. The molecule has 0 saturated heterocycles. The summed E-state index contributed by atoms with van der Waals surface area (Å²) in [5, 5.41) is 10.6. The summed E-state index contributed by atoms with van der Waals surface area (Å²) in [4.78, 5) is 21.8. The van der Waals surface area contributed by atoms with E-state index in [1.54, 1.807) is 0 Å². The predicted molar refractivity (Wildman–Crippen MR) is 65.6 cm³/mol. The van der Waals surface area contributed by atoms with Crippen LogP contribution in [0, 0.1) is 21.7 Å². The summed E-state index contributed by atoms with van der Waals surface area (Å²) in [5.41, 5.74) is -2.38. The second-order valence-electron chi connectivity index (χ2n) is 3.84. The number of alkyl halides is 3. The van der Waals surface area contributed by atoms with E-state index in [2.05, 4.69) is 0 Å². The zero-order valence-electron chi connectivity index (χ0n) is 10.4. The molecule has 0 aliphatic carbocycles. The zero-order valence-corrected chi connectivity index (χ0v) is 11.1. The van der Waals surface area contributed by atoms with Crippen LogP contribution in [0.3, 0.4) is 0 Å². The number of halogens is 5. The van der Waals surface area contributed by atoms with Crippen LogP contribution in [0.5, 0.6) is 0 Å². The van der Waals surface area contributed by atoms with E-state index in [1.165, 1.54) is 0 Å². The Morgan fingerprint density at radius 1 is 1.38 bits per heavy atom. The SMILES string of the molecule is O=C(c1c(F)ccc([N+](=O)[O-])c1F)N(CCCl)CC(F)F. The second kappa shape index (κ2) is 7.21. The molecule has 116 valence electrons. The number of carbonyl (C=O) groups is 1. The number of benzene rings is 1. The lowest BCUT2D eigenvalue weighted by Crippen LogP contribution is -2.37. The highest BCUT2D eigenvalue weighted by molar-refractivity contribution is 6.18. The Balaban J connectivity index is 3.26. The van der Waals surface area contributed by atoms with Gasteiger partial charge in [-0.25, -0.2) is 13.2 Å². The summed E-state index contributed by atoms with van der Waals surface area (Å²) in [5.74, 6) is -4.75. The van der Waals surface area contributed by atoms with Crippen molar-refractivity contribution in [1.29, 1.82) is 0 Å². The zero-order chi connectivity index (χ0) is 16.2. The van der Waals surface area contributed by atoms with Crippen LogP contribution in [0.4, 0.5) is 23.2 Å². The van der Waals surface area contributed by atoms with E-state index in [0.717, 1.165) is 0 Å². The van der Waals surface area contributed by atoms with Crippen molar-refractivity contribution in [3.8, 4) is 0 Å². The third-order valence-corrected chi connectivity index (χ3v) is 2.65. The van der Waals surface area contributed by atoms with Gasteiger partial charge in [-0.15, -0.1) is 11.6 Å². The summed E-state index contributed by atoms with van der Waals surface area (Å²) in [7, 11) is 0. The molecule has 10 heteroatoms. The largest absolute Gasteiger partial charge is 0.332 e. The Hall–Kier alpha value is -1.90. The monoisotopic (exact) mass is 328 g/mol. The molecular weight excluding hydrogens is 320 g/mol. The van der Waals surface area contributed by atoms with Crippen molar-refractivity contribution < 1.29 is 27.3 Å². The average molecular weight is 329 g/mol. The van der Waals surface area contributed by atoms with Crippen LogP contribution < -0.4 is 0 Å². The number of amides is 1. The molecule has 0 radical (unpaired) electrons. The maximum atomic E-state index is 13.8. The fraction of sp³-hybridized carbons (Fsp3) is 0.364. The summed E-state index contributed by atoms with van der Waals surface area (Å²) in [6, 6.07) is 1.07. The van der Waals surface area contributed by atoms with Crippen molar-refractivity contribution in [3.05, 3.63) is 39.4 Å². The molecule has 0 fully saturated rings. The smallest absolute Gasteiger partial charge is 0.305 e. The molecule has 0 aromatic heterocycles. The van der Waals surface area contributed by atoms with Gasteiger partial charge in [0.05, 0.1) is 11.5 Å². The molecule has 0 unspecified atom stereocenters. The molecule has 1 amide bonds. The average Bonchev–Trinajstić information content (AvgIpc) is 2.37. The molecule has 21 heavy (non-hydrogen) atoms. The van der Waals surface area contributed by atoms with E-state index >= 15 is 0 Å². The summed E-state index contributed by atoms with van der Waals surface area (Å²) in [6.45, 7) is -1.47. The molecule has 0 N–H and O–H groups in total. The van der Waals surface area contributed by atoms with Gasteiger partial charge in [0.25, 0.3) is 12.3 Å². The molecule has 5 nitrogen and oxygen atoms in total. The van der Waals surface area contributed by atoms with E-state index < -0.39 is 46.7 Å². The van der Waals surface area contributed by atoms with Crippen molar-refractivity contribution >= 4 is 23.2 Å². The molecule has 0 aliphatic rings. The maximum absolute atomic E-state index is 13.8. The van der Waals surface area contributed by atoms with Gasteiger partial charge in [0, 0.05) is 18.5 Å². The fourth-order valence-electron chi connectivity index (χ4n) is 1.58. The van der Waals surface area contributed by atoms with Crippen molar-refractivity contribution in [3.63, 3.8) is 0 Å². The Bertz CT molecular complexity index is 557. The highest BCUT2D eigenvalue weighted by Crippen LogP contribution is 2.24. The molecule has 0 spiro atoms. The Labute approximate surface area is 121 Å². The fourth-order valence-corrected chi connectivity index (χ4v) is 1.79. The highest BCUT2D eigenvalue weighted by Gasteiger charge is 2.30. The Morgan fingerprint density at radius 2 is 2.00 bits per heavy atom. The maximum Gasteiger partial charge on any atom is 0.305 e. The quantitative estimate of drug-likeness (QED) is 0.349. The number of nitrogens with zero attached hydrogens (tertiary/aromatic N) is 2. The van der Waals surface area contributed by atoms with Gasteiger partial charge >= 0.3 is 5.69 Å². The molecule has 0 aliphatic heterocycles. The topological polar surface area (TPSA) is 63.4 Å². The van der Waals surface area contributed by atoms with Gasteiger partial charge in [-0.05, 0) is 6.07 Å². The van der Waals surface area contributed by atoms with Gasteiger partial charge < -0.3 is 4.90 Å². The van der Waals surface area contributed by atoms with Crippen LogP contribution in [-0.2, 0) is 0 Å². The van der Waals surface area contributed by atoms with E-state index in [0.29, 0.717) is 17.0 Å². The summed E-state index contributed by atoms with van der Waals surface area (Å²) in [6.07, 6.45) is -2.94. The lowest BCUT2D eigenvalue weighted by molar-refractivity contribution is -0.387. The van der Waals surface area contributed by atoms with Gasteiger partial charge in [-0.2, -0.15) is 4.39 Å². The first-order valence-corrected chi connectivity index (χ1v) is 6.08. The van der Waals surface area contributed by atoms with Gasteiger partial charge in [-0.1, -0.05) is 0 Å². The van der Waals surface area contributed by atoms with Crippen LogP contribution in [-0.4, -0.2) is 41.1 Å². The highest BCUT2D eigenvalue weighted by atomic mass is 35.5. The summed E-state index contributed by atoms with van der Waals surface area (Å²) < 4.78 is 52.1. The molecule has 0 bridgehead atoms. The minimum atomic E-state index is -2.94. The van der Waals surface area contributed by atoms with E-state index in [9.17, 15) is 32.5 Å². The van der Waals surface area contributed by atoms with Crippen molar-refractivity contribution in [2.24, 2.45) is 0 Å². The standard InChI is InChI=1S/C11H9ClF4N2O3/c12-3-4-17(5-8(14)15)11(19)9-6(13)1-2-7(10(9)16)18(20)21/h1-2,8H,3-5H2. The van der Waals surface area contributed by atoms with Crippen molar-refractivity contribution in [2.45, 2.75) is 6.43 Å². The minimum Gasteiger partial charge on any atom is -0.332 e. The van der Waals surface area contributed by atoms with Crippen LogP contribution in [0.15, 0.2) is 12.1 Å². The van der Waals surface area contributed by atoms with Gasteiger partial charge in [-0.3, -0.25) is 14.9 Å². The van der Waals surface area contributed by atoms with Crippen LogP contribution in [0.25, 0.3) is 0 Å². The molecule has 0 saturated carbocycles. The van der Waals surface area contributed by atoms with E-state index in [-0.39, 0.29) is 12.4 Å². The van der Waals surface area contributed by atoms with Crippen molar-refractivity contribution in [2.75, 3.05) is 19.0 Å². The molecule has 0 heterocycles. The van der Waals surface area contributed by atoms with Crippen LogP contribution in [0.2, 0.25) is 0 Å². The van der Waals surface area contributed by atoms with Crippen molar-refractivity contribution in [1.82, 2.24) is 4.90 Å². The van der Waals surface area contributed by atoms with Gasteiger partial charge in [0.1, 0.15) is 11.4 Å². The predicted octanol–water partition coefficient (Wildman–Crippen LogP) is 2.82. The number of carbonyl (C=O) groups excluding carboxylic acids is 1. The summed E-state index contributed by atoms with van der Waals surface area (Å²) >= 11 is 5.34. The lowest BCUT2D eigenvalue weighted by atomic mass is 10.1. The molecule has 1 aromatic rings. The molecule has 0 atom stereocenters. The molecule has 1 aromatic carbocycles. The van der Waals surface area contributed by atoms with E-state index in [4.69, 9.17) is 11.6 Å². The lowest BCUT2D eigenvalue weighted by Gasteiger charge is -2.21. The first-order chi connectivity index (χ1) is 9.79. The van der Waals surface area contributed by atoms with E-state index in [1.807, 2.05) is 0 Å². The first-order valence-electron chi connectivity index (χ1n) is 5.55. The number of nitro benzene ring substituents is 1. The first kappa shape index (κ1) is 17.2. The number of rotatable bonds is 6. The molecule has 1 rings (SSSR count). The van der Waals surface area contributed by atoms with Gasteiger partial charge in [0.15, 0.2) is 0 Å². The number of hydrogen-bond donors (Lipinski definition) is 0. The number of hydrogen-bond acceptors (Lipinski definition) is 3. The third-order valence-electron chi connectivity index (χ3n) is 2.48. The second-order valence-corrected chi connectivity index (χ2v) is 4.22. The normalized spacial score (nSPS) is 10.8.